The lowest BCUT2D eigenvalue weighted by atomic mass is 10.0. The van der Waals surface area contributed by atoms with Gasteiger partial charge >= 0.3 is 0 Å². The summed E-state index contributed by atoms with van der Waals surface area (Å²) in [7, 11) is 0. The molecule has 0 bridgehead atoms. The Morgan fingerprint density at radius 1 is 1.00 bits per heavy atom. The van der Waals surface area contributed by atoms with E-state index in [1.807, 2.05) is 30.3 Å². The van der Waals surface area contributed by atoms with Crippen LogP contribution < -0.4 is 4.74 Å². The summed E-state index contributed by atoms with van der Waals surface area (Å²) in [5, 5.41) is 9.44. The first-order valence-corrected chi connectivity index (χ1v) is 7.96. The highest BCUT2D eigenvalue weighted by atomic mass is 79.9. The Labute approximate surface area is 136 Å². The molecule has 1 N–H and O–H groups in total. The first-order valence-electron chi connectivity index (χ1n) is 6.38. The van der Waals surface area contributed by atoms with Crippen molar-refractivity contribution in [1.82, 2.24) is 0 Å². The third-order valence-corrected chi connectivity index (χ3v) is 3.99. The molecule has 4 heteroatoms. The van der Waals surface area contributed by atoms with Gasteiger partial charge in [-0.1, -0.05) is 45.7 Å². The van der Waals surface area contributed by atoms with Gasteiger partial charge in [0.25, 0.3) is 0 Å². The molecule has 0 aliphatic carbocycles. The topological polar surface area (TPSA) is 29.5 Å². The third-order valence-electron chi connectivity index (χ3n) is 3.01. The Kier molecular flexibility index (Phi) is 5.24. The van der Waals surface area contributed by atoms with E-state index in [-0.39, 0.29) is 6.61 Å². The molecule has 2 aromatic rings. The number of benzene rings is 2. The van der Waals surface area contributed by atoms with Gasteiger partial charge in [-0.05, 0) is 47.9 Å². The molecule has 20 heavy (non-hydrogen) atoms. The van der Waals surface area contributed by atoms with Gasteiger partial charge in [-0.15, -0.1) is 0 Å². The van der Waals surface area contributed by atoms with Gasteiger partial charge in [-0.2, -0.15) is 0 Å². The average Bonchev–Trinajstić information content (AvgIpc) is 2.42. The molecule has 0 atom stereocenters. The fourth-order valence-electron chi connectivity index (χ4n) is 1.95. The minimum Gasteiger partial charge on any atom is -0.457 e. The van der Waals surface area contributed by atoms with Gasteiger partial charge < -0.3 is 9.84 Å². The lowest BCUT2D eigenvalue weighted by Crippen LogP contribution is -1.97. The van der Waals surface area contributed by atoms with Crippen molar-refractivity contribution in [2.75, 3.05) is 0 Å². The maximum absolute atomic E-state index is 9.44. The minimum atomic E-state index is -0.0533. The van der Waals surface area contributed by atoms with E-state index in [0.29, 0.717) is 11.7 Å². The molecule has 2 aromatic carbocycles. The molecule has 0 amide bonds. The Hall–Kier alpha value is -0.840. The van der Waals surface area contributed by atoms with Crippen LogP contribution in [0.1, 0.15) is 30.9 Å². The zero-order valence-electron chi connectivity index (χ0n) is 11.4. The molecule has 0 spiro atoms. The van der Waals surface area contributed by atoms with E-state index in [2.05, 4.69) is 51.8 Å². The van der Waals surface area contributed by atoms with Crippen molar-refractivity contribution in [1.29, 1.82) is 0 Å². The zero-order valence-corrected chi connectivity index (χ0v) is 14.5. The average molecular weight is 400 g/mol. The Morgan fingerprint density at radius 3 is 2.20 bits per heavy atom. The van der Waals surface area contributed by atoms with Crippen LogP contribution in [0.3, 0.4) is 0 Å². The number of aliphatic hydroxyl groups excluding tert-OH is 1. The van der Waals surface area contributed by atoms with Crippen LogP contribution in [-0.2, 0) is 6.61 Å². The van der Waals surface area contributed by atoms with Crippen LogP contribution in [0.4, 0.5) is 0 Å². The zero-order chi connectivity index (χ0) is 14.7. The second-order valence-corrected chi connectivity index (χ2v) is 6.68. The molecule has 0 aliphatic rings. The first kappa shape index (κ1) is 15.5. The Bertz CT molecular complexity index is 609. The highest BCUT2D eigenvalue weighted by molar-refractivity contribution is 9.10. The van der Waals surface area contributed by atoms with Gasteiger partial charge in [-0.25, -0.2) is 0 Å². The predicted molar refractivity (Wildman–Crippen MR) is 88.4 cm³/mol. The number of hydrogen-bond donors (Lipinski definition) is 1. The van der Waals surface area contributed by atoms with Crippen LogP contribution in [0.25, 0.3) is 0 Å². The van der Waals surface area contributed by atoms with Crippen LogP contribution in [0, 0.1) is 0 Å². The highest BCUT2D eigenvalue weighted by Crippen LogP contribution is 2.34. The van der Waals surface area contributed by atoms with Gasteiger partial charge in [0.1, 0.15) is 11.5 Å². The molecular weight excluding hydrogens is 384 g/mol. The van der Waals surface area contributed by atoms with E-state index >= 15 is 0 Å². The summed E-state index contributed by atoms with van der Waals surface area (Å²) < 4.78 is 7.96. The molecule has 2 rings (SSSR count). The molecule has 0 heterocycles. The van der Waals surface area contributed by atoms with Gasteiger partial charge in [0.15, 0.2) is 0 Å². The number of hydrogen-bond acceptors (Lipinski definition) is 2. The van der Waals surface area contributed by atoms with Gasteiger partial charge in [0, 0.05) is 14.5 Å². The second kappa shape index (κ2) is 6.74. The Morgan fingerprint density at radius 2 is 1.60 bits per heavy atom. The molecule has 0 saturated carbocycles. The van der Waals surface area contributed by atoms with E-state index in [1.54, 1.807) is 0 Å². The smallest absolute Gasteiger partial charge is 0.133 e. The van der Waals surface area contributed by atoms with Crippen LogP contribution in [0.15, 0.2) is 45.3 Å². The lowest BCUT2D eigenvalue weighted by molar-refractivity contribution is 0.276. The monoisotopic (exact) mass is 398 g/mol. The van der Waals surface area contributed by atoms with Crippen molar-refractivity contribution in [2.45, 2.75) is 26.4 Å². The van der Waals surface area contributed by atoms with Crippen molar-refractivity contribution < 1.29 is 9.84 Å². The molecule has 0 radical (unpaired) electrons. The summed E-state index contributed by atoms with van der Waals surface area (Å²) in [6.07, 6.45) is 0. The fourth-order valence-corrected chi connectivity index (χ4v) is 2.74. The van der Waals surface area contributed by atoms with E-state index in [1.165, 1.54) is 0 Å². The molecule has 0 aliphatic heterocycles. The van der Waals surface area contributed by atoms with Crippen molar-refractivity contribution in [3.63, 3.8) is 0 Å². The third kappa shape index (κ3) is 3.62. The molecular formula is C16H16Br2O2. The summed E-state index contributed by atoms with van der Waals surface area (Å²) in [6, 6.07) is 11.6. The lowest BCUT2D eigenvalue weighted by Gasteiger charge is -2.16. The van der Waals surface area contributed by atoms with Crippen LogP contribution in [0.5, 0.6) is 11.5 Å². The van der Waals surface area contributed by atoms with Crippen LogP contribution in [-0.4, -0.2) is 5.11 Å². The largest absolute Gasteiger partial charge is 0.457 e. The van der Waals surface area contributed by atoms with Crippen LogP contribution >= 0.6 is 31.9 Å². The van der Waals surface area contributed by atoms with Gasteiger partial charge in [0.2, 0.25) is 0 Å². The second-order valence-electron chi connectivity index (χ2n) is 4.85. The van der Waals surface area contributed by atoms with E-state index in [9.17, 15) is 5.11 Å². The summed E-state index contributed by atoms with van der Waals surface area (Å²) in [4.78, 5) is 0. The van der Waals surface area contributed by atoms with E-state index in [4.69, 9.17) is 4.74 Å². The molecule has 0 unspecified atom stereocenters. The fraction of sp³-hybridized carbons (Fsp3) is 0.250. The van der Waals surface area contributed by atoms with Gasteiger partial charge in [-0.3, -0.25) is 0 Å². The summed E-state index contributed by atoms with van der Waals surface area (Å²) in [5.41, 5.74) is 1.89. The standard InChI is InChI=1S/C16H16Br2O2/c1-10(2)14-8-13(18)4-6-16(14)20-15-5-3-12(17)7-11(15)9-19/h3-8,10,19H,9H2,1-2H3. The predicted octanol–water partition coefficient (Wildman–Crippen LogP) is 5.62. The van der Waals surface area contributed by atoms with Crippen molar-refractivity contribution in [3.05, 3.63) is 56.5 Å². The van der Waals surface area contributed by atoms with E-state index < -0.39 is 0 Å². The molecule has 0 aromatic heterocycles. The van der Waals surface area contributed by atoms with Gasteiger partial charge in [0.05, 0.1) is 6.61 Å². The minimum absolute atomic E-state index is 0.0533. The number of halogens is 2. The summed E-state index contributed by atoms with van der Waals surface area (Å²) in [6.45, 7) is 4.20. The van der Waals surface area contributed by atoms with Crippen molar-refractivity contribution >= 4 is 31.9 Å². The molecule has 106 valence electrons. The summed E-state index contributed by atoms with van der Waals surface area (Å²) >= 11 is 6.88. The summed E-state index contributed by atoms with van der Waals surface area (Å²) in [5.74, 6) is 1.86. The normalized spacial score (nSPS) is 10.9. The number of aliphatic hydroxyl groups is 1. The molecule has 2 nitrogen and oxygen atoms in total. The maximum atomic E-state index is 9.44. The SMILES string of the molecule is CC(C)c1cc(Br)ccc1Oc1ccc(Br)cc1CO. The number of ether oxygens (including phenoxy) is 1. The van der Waals surface area contributed by atoms with Crippen LogP contribution in [0.2, 0.25) is 0 Å². The van der Waals surface area contributed by atoms with Crippen molar-refractivity contribution in [2.24, 2.45) is 0 Å². The van der Waals surface area contributed by atoms with E-state index in [0.717, 1.165) is 25.8 Å². The maximum Gasteiger partial charge on any atom is 0.133 e. The Balaban J connectivity index is 2.39. The molecule has 0 saturated heterocycles. The number of rotatable bonds is 4. The highest BCUT2D eigenvalue weighted by Gasteiger charge is 2.11. The van der Waals surface area contributed by atoms with Crippen molar-refractivity contribution in [3.8, 4) is 11.5 Å². The molecule has 0 fully saturated rings. The quantitative estimate of drug-likeness (QED) is 0.722. The first-order chi connectivity index (χ1) is 9.51.